The van der Waals surface area contributed by atoms with Crippen molar-refractivity contribution in [2.45, 2.75) is 105 Å². The Hall–Kier alpha value is -0.160. The van der Waals surface area contributed by atoms with Gasteiger partial charge in [0.15, 0.2) is 0 Å². The topological polar surface area (TPSA) is 23.8 Å². The smallest absolute Gasteiger partial charge is 0.0962 e. The number of thiocyanates is 1. The third-order valence-electron chi connectivity index (χ3n) is 5.67. The molecule has 0 saturated carbocycles. The van der Waals surface area contributed by atoms with Gasteiger partial charge in [0.1, 0.15) is 0 Å². The van der Waals surface area contributed by atoms with E-state index >= 15 is 0 Å². The van der Waals surface area contributed by atoms with Crippen LogP contribution in [0.1, 0.15) is 105 Å². The Kier molecular flexibility index (Phi) is 13.1. The average molecular weight is 344 g/mol. The van der Waals surface area contributed by atoms with Crippen molar-refractivity contribution in [2.24, 2.45) is 0 Å². The molecule has 0 atom stereocenters. The summed E-state index contributed by atoms with van der Waals surface area (Å²) < 4.78 is 0. The molecule has 0 radical (unpaired) electrons. The number of nitrogens with zero attached hydrogens (tertiary/aromatic N) is 1. The minimum atomic E-state index is -2.15. The summed E-state index contributed by atoms with van der Waals surface area (Å²) in [5, 5.41) is 13.5. The molecular formula is C21H45NS. The van der Waals surface area contributed by atoms with E-state index in [1.807, 2.05) is 0 Å². The van der Waals surface area contributed by atoms with E-state index in [-0.39, 0.29) is 0 Å². The molecule has 0 rings (SSSR count). The Bertz CT molecular complexity index is 267. The number of rotatable bonds is 16. The van der Waals surface area contributed by atoms with E-state index in [0.29, 0.717) is 0 Å². The molecule has 0 fully saturated rings. The minimum absolute atomic E-state index is 1.27. The molecule has 1 nitrogen and oxygen atoms in total. The summed E-state index contributed by atoms with van der Waals surface area (Å²) in [7, 11) is -2.15. The lowest BCUT2D eigenvalue weighted by atomic mass is 10.3. The molecule has 0 aromatic heterocycles. The van der Waals surface area contributed by atoms with Crippen LogP contribution in [0.15, 0.2) is 0 Å². The van der Waals surface area contributed by atoms with Crippen LogP contribution in [0, 0.1) is 10.7 Å². The standard InChI is InChI=1S/C21H45NS/c1-5-9-13-17-23(21-22,18-14-10-6-2,19-15-11-7-3)20-16-12-8-4/h23H,5-20H2,1-4H3. The van der Waals surface area contributed by atoms with Gasteiger partial charge in [-0.3, -0.25) is 0 Å². The highest BCUT2D eigenvalue weighted by Gasteiger charge is 2.39. The van der Waals surface area contributed by atoms with E-state index in [4.69, 9.17) is 0 Å². The zero-order valence-electron chi connectivity index (χ0n) is 16.7. The SMILES string of the molecule is CCCCC[SH](C#N)(CCCCC)(CCCCC)CCCCC. The maximum absolute atomic E-state index is 10.4. The predicted octanol–water partition coefficient (Wildman–Crippen LogP) is 7.30. The van der Waals surface area contributed by atoms with Gasteiger partial charge in [-0.25, -0.2) is 9.16 Å². The van der Waals surface area contributed by atoms with Gasteiger partial charge in [0.2, 0.25) is 0 Å². The fraction of sp³-hybridized carbons (Fsp3) is 0.952. The molecule has 0 saturated heterocycles. The van der Waals surface area contributed by atoms with Crippen LogP contribution in [-0.4, -0.2) is 23.0 Å². The van der Waals surface area contributed by atoms with E-state index in [2.05, 4.69) is 33.1 Å². The molecule has 0 amide bonds. The van der Waals surface area contributed by atoms with Crippen LogP contribution in [-0.2, 0) is 0 Å². The zero-order chi connectivity index (χ0) is 17.5. The second-order valence-corrected chi connectivity index (χ2v) is 13.7. The van der Waals surface area contributed by atoms with Crippen molar-refractivity contribution < 1.29 is 0 Å². The monoisotopic (exact) mass is 343 g/mol. The van der Waals surface area contributed by atoms with Gasteiger partial charge in [-0.1, -0.05) is 79.1 Å². The lowest BCUT2D eigenvalue weighted by Gasteiger charge is -2.56. The van der Waals surface area contributed by atoms with Gasteiger partial charge in [-0.2, -0.15) is 5.26 Å². The second kappa shape index (κ2) is 13.2. The molecule has 0 aromatic rings. The number of nitriles is 1. The lowest BCUT2D eigenvalue weighted by molar-refractivity contribution is 0.732. The molecule has 0 spiro atoms. The molecule has 0 aromatic carbocycles. The second-order valence-electron chi connectivity index (χ2n) is 7.80. The fourth-order valence-electron chi connectivity index (χ4n) is 3.98. The predicted molar refractivity (Wildman–Crippen MR) is 112 cm³/mol. The highest BCUT2D eigenvalue weighted by molar-refractivity contribution is 8.52. The van der Waals surface area contributed by atoms with Gasteiger partial charge in [0, 0.05) is 0 Å². The Balaban J connectivity index is 5.21. The van der Waals surface area contributed by atoms with E-state index in [1.165, 1.54) is 100 Å². The Morgan fingerprint density at radius 2 is 0.783 bits per heavy atom. The molecule has 140 valence electrons. The van der Waals surface area contributed by atoms with Crippen LogP contribution in [0.4, 0.5) is 0 Å². The first-order valence-corrected chi connectivity index (χ1v) is 13.5. The molecule has 0 unspecified atom stereocenters. The molecule has 0 bridgehead atoms. The molecule has 0 N–H and O–H groups in total. The molecule has 2 heteroatoms. The first-order chi connectivity index (χ1) is 11.1. The maximum Gasteiger partial charge on any atom is 0.0962 e. The van der Waals surface area contributed by atoms with Gasteiger partial charge in [-0.15, -0.1) is 0 Å². The van der Waals surface area contributed by atoms with Crippen LogP contribution in [0.2, 0.25) is 0 Å². The van der Waals surface area contributed by atoms with Crippen molar-refractivity contribution in [3.63, 3.8) is 0 Å². The van der Waals surface area contributed by atoms with Crippen molar-refractivity contribution in [1.29, 1.82) is 5.26 Å². The van der Waals surface area contributed by atoms with Crippen molar-refractivity contribution in [3.05, 3.63) is 0 Å². The van der Waals surface area contributed by atoms with Gasteiger partial charge in [-0.05, 0) is 48.7 Å². The Morgan fingerprint density at radius 3 is 0.957 bits per heavy atom. The summed E-state index contributed by atoms with van der Waals surface area (Å²) >= 11 is 0. The Labute approximate surface area is 147 Å². The molecule has 0 aliphatic carbocycles. The maximum atomic E-state index is 10.4. The first kappa shape index (κ1) is 22.8. The van der Waals surface area contributed by atoms with Crippen LogP contribution in [0.3, 0.4) is 0 Å². The zero-order valence-corrected chi connectivity index (χ0v) is 17.6. The van der Waals surface area contributed by atoms with Gasteiger partial charge in [0.25, 0.3) is 0 Å². The summed E-state index contributed by atoms with van der Waals surface area (Å²) in [6.07, 6.45) is 15.5. The number of hydrogen-bond donors (Lipinski definition) is 1. The fourth-order valence-corrected chi connectivity index (χ4v) is 9.93. The quantitative estimate of drug-likeness (QED) is 0.177. The molecule has 0 heterocycles. The van der Waals surface area contributed by atoms with Crippen molar-refractivity contribution >= 4 is 9.16 Å². The lowest BCUT2D eigenvalue weighted by Crippen LogP contribution is -2.31. The van der Waals surface area contributed by atoms with Gasteiger partial charge >= 0.3 is 0 Å². The van der Waals surface area contributed by atoms with Crippen molar-refractivity contribution in [3.8, 4) is 5.40 Å². The molecule has 23 heavy (non-hydrogen) atoms. The van der Waals surface area contributed by atoms with Crippen molar-refractivity contribution in [1.82, 2.24) is 0 Å². The van der Waals surface area contributed by atoms with Crippen molar-refractivity contribution in [2.75, 3.05) is 23.0 Å². The number of unbranched alkanes of at least 4 members (excludes halogenated alkanes) is 8. The summed E-state index contributed by atoms with van der Waals surface area (Å²) in [6, 6.07) is 0. The van der Waals surface area contributed by atoms with Crippen LogP contribution >= 0.6 is 9.16 Å². The van der Waals surface area contributed by atoms with E-state index < -0.39 is 9.16 Å². The van der Waals surface area contributed by atoms with E-state index in [9.17, 15) is 5.26 Å². The molecule has 0 aliphatic heterocycles. The van der Waals surface area contributed by atoms with Crippen LogP contribution < -0.4 is 0 Å². The highest BCUT2D eigenvalue weighted by atomic mass is 32.3. The third-order valence-corrected chi connectivity index (χ3v) is 12.2. The highest BCUT2D eigenvalue weighted by Crippen LogP contribution is 2.70. The van der Waals surface area contributed by atoms with Crippen LogP contribution in [0.25, 0.3) is 0 Å². The van der Waals surface area contributed by atoms with Crippen LogP contribution in [0.5, 0.6) is 0 Å². The number of thiol groups is 1. The summed E-state index contributed by atoms with van der Waals surface area (Å²) in [4.78, 5) is 0. The average Bonchev–Trinajstić information content (AvgIpc) is 2.56. The Morgan fingerprint density at radius 1 is 0.522 bits per heavy atom. The van der Waals surface area contributed by atoms with Gasteiger partial charge in [0.05, 0.1) is 5.40 Å². The largest absolute Gasteiger partial charge is 0.212 e. The summed E-state index contributed by atoms with van der Waals surface area (Å²) in [5.41, 5.74) is 0. The third kappa shape index (κ3) is 8.48. The van der Waals surface area contributed by atoms with Gasteiger partial charge < -0.3 is 0 Å². The molecular weight excluding hydrogens is 298 g/mol. The summed E-state index contributed by atoms with van der Waals surface area (Å²) in [6.45, 7) is 9.14. The molecule has 0 aliphatic rings. The first-order valence-electron chi connectivity index (χ1n) is 10.5. The number of hydrogen-bond acceptors (Lipinski definition) is 1. The van der Waals surface area contributed by atoms with E-state index in [1.54, 1.807) is 0 Å². The minimum Gasteiger partial charge on any atom is -0.212 e. The normalized spacial score (nSPS) is 13.4. The summed E-state index contributed by atoms with van der Waals surface area (Å²) in [5.74, 6) is 5.08. The van der Waals surface area contributed by atoms with E-state index in [0.717, 1.165) is 0 Å².